The summed E-state index contributed by atoms with van der Waals surface area (Å²) in [5.74, 6) is 0. The van der Waals surface area contributed by atoms with E-state index >= 15 is 4.57 Å². The second-order valence-electron chi connectivity index (χ2n) is 14.1. The van der Waals surface area contributed by atoms with Crippen molar-refractivity contribution in [2.75, 3.05) is 0 Å². The van der Waals surface area contributed by atoms with Gasteiger partial charge in [-0.1, -0.05) is 188 Å². The molecule has 5 nitrogen and oxygen atoms in total. The highest BCUT2D eigenvalue weighted by atomic mass is 31.2. The van der Waals surface area contributed by atoms with Crippen molar-refractivity contribution in [1.82, 2.24) is 15.0 Å². The van der Waals surface area contributed by atoms with E-state index in [4.69, 9.17) is 21.5 Å². The van der Waals surface area contributed by atoms with E-state index in [0.29, 0.717) is 22.4 Å². The molecule has 0 atom stereocenters. The van der Waals surface area contributed by atoms with Gasteiger partial charge in [0.05, 0.1) is 40.2 Å². The Morgan fingerprint density at radius 1 is 0.414 bits per heavy atom. The van der Waals surface area contributed by atoms with E-state index in [2.05, 4.69) is 35.2 Å². The van der Waals surface area contributed by atoms with Gasteiger partial charge in [-0.3, -0.25) is 0 Å². The predicted octanol–water partition coefficient (Wildman–Crippen LogP) is 12.2. The fourth-order valence-electron chi connectivity index (χ4n) is 8.03. The molecule has 2 heterocycles. The van der Waals surface area contributed by atoms with Gasteiger partial charge in [-0.05, 0) is 23.3 Å². The average Bonchev–Trinajstić information content (AvgIpc) is 3.31. The van der Waals surface area contributed by atoms with Crippen LogP contribution in [-0.4, -0.2) is 15.0 Å². The third kappa shape index (κ3) is 5.87. The van der Waals surface area contributed by atoms with Crippen LogP contribution in [0.1, 0.15) is 0 Å². The molecule has 10 aromatic rings. The summed E-state index contributed by atoms with van der Waals surface area (Å²) in [5, 5.41) is 4.79. The van der Waals surface area contributed by atoms with Gasteiger partial charge in [-0.15, -0.1) is 0 Å². The van der Waals surface area contributed by atoms with Gasteiger partial charge in [-0.25, -0.2) is 19.8 Å². The third-order valence-electron chi connectivity index (χ3n) is 10.8. The lowest BCUT2D eigenvalue weighted by Gasteiger charge is -2.21. The lowest BCUT2D eigenvalue weighted by molar-refractivity contribution is 0.592. The quantitative estimate of drug-likeness (QED) is 0.0922. The van der Waals surface area contributed by atoms with Crippen molar-refractivity contribution in [3.63, 3.8) is 0 Å². The van der Waals surface area contributed by atoms with Gasteiger partial charge in [0.2, 0.25) is 0 Å². The molecule has 0 unspecified atom stereocenters. The van der Waals surface area contributed by atoms with Crippen molar-refractivity contribution in [3.05, 3.63) is 212 Å². The zero-order chi connectivity index (χ0) is 39.1. The molecule has 2 aromatic heterocycles. The normalized spacial score (nSPS) is 11.5. The molecule has 0 aliphatic rings. The Bertz CT molecular complexity index is 3200. The molecule has 272 valence electrons. The van der Waals surface area contributed by atoms with Crippen molar-refractivity contribution in [2.45, 2.75) is 0 Å². The van der Waals surface area contributed by atoms with E-state index in [9.17, 15) is 0 Å². The highest BCUT2D eigenvalue weighted by Gasteiger charge is 2.30. The molecular weight excluding hydrogens is 728 g/mol. The SMILES string of the molecule is [C-]#[N+]c1cc2nc(-c3ccccc3)c(-c3ccccc3)nc2c2c1c(-c1ccccc1-c1ccc(P(=O)(c3ccccc3)c3ccccc3)cc1)nc1ccccc12. The second kappa shape index (κ2) is 14.5. The molecule has 0 aliphatic heterocycles. The molecule has 6 heteroatoms. The van der Waals surface area contributed by atoms with E-state index in [0.717, 1.165) is 76.8 Å². The number of fused-ring (bicyclic) bond motifs is 5. The number of benzene rings is 8. The molecule has 0 N–H and O–H groups in total. The maximum absolute atomic E-state index is 15.2. The van der Waals surface area contributed by atoms with Crippen molar-refractivity contribution >= 4 is 61.5 Å². The summed E-state index contributed by atoms with van der Waals surface area (Å²) in [7, 11) is -3.16. The van der Waals surface area contributed by atoms with E-state index < -0.39 is 7.14 Å². The zero-order valence-corrected chi connectivity index (χ0v) is 32.1. The number of rotatable bonds is 7. The van der Waals surface area contributed by atoms with E-state index in [-0.39, 0.29) is 0 Å². The van der Waals surface area contributed by atoms with Gasteiger partial charge in [0.15, 0.2) is 12.8 Å². The molecule has 0 amide bonds. The van der Waals surface area contributed by atoms with Gasteiger partial charge < -0.3 is 4.57 Å². The third-order valence-corrected chi connectivity index (χ3v) is 13.8. The Hall–Kier alpha value is -7.51. The summed E-state index contributed by atoms with van der Waals surface area (Å²) in [6.07, 6.45) is 0. The number of hydrogen-bond acceptors (Lipinski definition) is 4. The molecule has 0 aliphatic carbocycles. The standard InChI is InChI=1S/C52H33N4OP/c1-53-45-34-46-52(56-50(37-20-8-3-9-21-37)49(55-46)36-18-6-2-7-19-36)47-43-28-16-17-29-44(43)54-51(48(45)47)42-27-15-14-26-41(42)35-30-32-40(33-31-35)58(57,38-22-10-4-11-23-38)39-24-12-5-13-25-39/h2-34H. The molecule has 0 saturated carbocycles. The first kappa shape index (κ1) is 34.9. The van der Waals surface area contributed by atoms with Crippen LogP contribution in [0, 0.1) is 6.57 Å². The Morgan fingerprint density at radius 2 is 0.897 bits per heavy atom. The molecule has 0 bridgehead atoms. The smallest absolute Gasteiger partial charge is 0.199 e. The lowest BCUT2D eigenvalue weighted by atomic mass is 9.92. The van der Waals surface area contributed by atoms with Crippen molar-refractivity contribution in [2.24, 2.45) is 0 Å². The first-order valence-electron chi connectivity index (χ1n) is 19.1. The maximum Gasteiger partial charge on any atom is 0.199 e. The minimum atomic E-state index is -3.16. The number of pyridine rings is 1. The molecule has 0 fully saturated rings. The summed E-state index contributed by atoms with van der Waals surface area (Å²) < 4.78 is 15.2. The Morgan fingerprint density at radius 3 is 1.50 bits per heavy atom. The zero-order valence-electron chi connectivity index (χ0n) is 31.2. The van der Waals surface area contributed by atoms with Crippen LogP contribution in [0.15, 0.2) is 200 Å². The first-order valence-corrected chi connectivity index (χ1v) is 20.8. The number of aromatic nitrogens is 3. The van der Waals surface area contributed by atoms with Gasteiger partial charge in [0.1, 0.15) is 0 Å². The van der Waals surface area contributed by atoms with Gasteiger partial charge >= 0.3 is 0 Å². The summed E-state index contributed by atoms with van der Waals surface area (Å²) in [6.45, 7) is 8.53. The van der Waals surface area contributed by atoms with Crippen LogP contribution in [-0.2, 0) is 4.57 Å². The summed E-state index contributed by atoms with van der Waals surface area (Å²) in [4.78, 5) is 20.2. The van der Waals surface area contributed by atoms with Crippen LogP contribution in [0.2, 0.25) is 0 Å². The van der Waals surface area contributed by atoms with Crippen molar-refractivity contribution in [3.8, 4) is 44.9 Å². The van der Waals surface area contributed by atoms with Crippen LogP contribution in [0.5, 0.6) is 0 Å². The first-order chi connectivity index (χ1) is 28.6. The highest BCUT2D eigenvalue weighted by Crippen LogP contribution is 2.46. The minimum absolute atomic E-state index is 0.452. The molecule has 0 spiro atoms. The highest BCUT2D eigenvalue weighted by molar-refractivity contribution is 7.85. The Balaban J connectivity index is 1.21. The van der Waals surface area contributed by atoms with Gasteiger partial charge in [-0.2, -0.15) is 0 Å². The van der Waals surface area contributed by atoms with E-state index in [1.165, 1.54) is 0 Å². The van der Waals surface area contributed by atoms with Crippen LogP contribution in [0.4, 0.5) is 5.69 Å². The van der Waals surface area contributed by atoms with E-state index in [1.54, 1.807) is 0 Å². The molecular formula is C52H33N4OP. The van der Waals surface area contributed by atoms with Crippen molar-refractivity contribution in [1.29, 1.82) is 0 Å². The number of para-hydroxylation sites is 1. The van der Waals surface area contributed by atoms with Crippen LogP contribution >= 0.6 is 7.14 Å². The largest absolute Gasteiger partial charge is 0.309 e. The molecule has 0 radical (unpaired) electrons. The molecule has 10 rings (SSSR count). The summed E-state index contributed by atoms with van der Waals surface area (Å²) in [5.41, 5.74) is 9.47. The Kier molecular flexibility index (Phi) is 8.75. The van der Waals surface area contributed by atoms with Crippen LogP contribution in [0.3, 0.4) is 0 Å². The van der Waals surface area contributed by atoms with Crippen molar-refractivity contribution < 1.29 is 4.57 Å². The Labute approximate surface area is 336 Å². The minimum Gasteiger partial charge on any atom is -0.309 e. The second-order valence-corrected chi connectivity index (χ2v) is 16.9. The van der Waals surface area contributed by atoms with Gasteiger partial charge in [0.25, 0.3) is 0 Å². The molecule has 58 heavy (non-hydrogen) atoms. The van der Waals surface area contributed by atoms with Crippen LogP contribution in [0.25, 0.3) is 82.5 Å². The summed E-state index contributed by atoms with van der Waals surface area (Å²) in [6, 6.07) is 65.8. The van der Waals surface area contributed by atoms with E-state index in [1.807, 2.05) is 170 Å². The maximum atomic E-state index is 15.2. The number of nitrogens with zero attached hydrogens (tertiary/aromatic N) is 4. The van der Waals surface area contributed by atoms with Crippen LogP contribution < -0.4 is 15.9 Å². The summed E-state index contributed by atoms with van der Waals surface area (Å²) >= 11 is 0. The molecule has 0 saturated heterocycles. The monoisotopic (exact) mass is 760 g/mol. The van der Waals surface area contributed by atoms with Gasteiger partial charge in [0, 0.05) is 48.8 Å². The fourth-order valence-corrected chi connectivity index (χ4v) is 10.7. The average molecular weight is 761 g/mol. The lowest BCUT2D eigenvalue weighted by Crippen LogP contribution is -2.24. The fraction of sp³-hybridized carbons (Fsp3) is 0. The number of hydrogen-bond donors (Lipinski definition) is 0. The molecule has 8 aromatic carbocycles. The topological polar surface area (TPSA) is 60.1 Å². The predicted molar refractivity (Wildman–Crippen MR) is 240 cm³/mol.